The standard InChI is InChI=1S/C19H22O2/c1-10-7-8-16(17(9-10)19(20)21)18-14(5)12(3)11(2)13(4)15(18)6/h7-9H,1-6H3,(H,20,21). The Morgan fingerprint density at radius 1 is 0.810 bits per heavy atom. The molecule has 0 bridgehead atoms. The maximum atomic E-state index is 11.6. The number of hydrogen-bond acceptors (Lipinski definition) is 1. The van der Waals surface area contributed by atoms with Crippen molar-refractivity contribution in [2.75, 3.05) is 0 Å². The van der Waals surface area contributed by atoms with Gasteiger partial charge in [0.1, 0.15) is 0 Å². The number of carbonyl (C=O) groups is 1. The predicted octanol–water partition coefficient (Wildman–Crippen LogP) is 4.90. The third-order valence-corrected chi connectivity index (χ3v) is 4.67. The first-order chi connectivity index (χ1) is 9.75. The molecule has 0 fully saturated rings. The normalized spacial score (nSPS) is 10.8. The van der Waals surface area contributed by atoms with Gasteiger partial charge in [0, 0.05) is 0 Å². The second kappa shape index (κ2) is 5.36. The molecule has 1 N–H and O–H groups in total. The Morgan fingerprint density at radius 2 is 1.29 bits per heavy atom. The summed E-state index contributed by atoms with van der Waals surface area (Å²) in [6.45, 7) is 12.4. The Labute approximate surface area is 126 Å². The summed E-state index contributed by atoms with van der Waals surface area (Å²) in [4.78, 5) is 11.6. The van der Waals surface area contributed by atoms with E-state index in [-0.39, 0.29) is 0 Å². The van der Waals surface area contributed by atoms with Crippen LogP contribution in [-0.4, -0.2) is 11.1 Å². The van der Waals surface area contributed by atoms with E-state index in [0.29, 0.717) is 5.56 Å². The molecule has 0 saturated heterocycles. The zero-order chi connectivity index (χ0) is 15.9. The van der Waals surface area contributed by atoms with E-state index in [0.717, 1.165) is 16.7 Å². The van der Waals surface area contributed by atoms with E-state index in [1.807, 2.05) is 19.1 Å². The molecule has 2 nitrogen and oxygen atoms in total. The number of benzene rings is 2. The van der Waals surface area contributed by atoms with Crippen molar-refractivity contribution >= 4 is 5.97 Å². The molecule has 2 rings (SSSR count). The summed E-state index contributed by atoms with van der Waals surface area (Å²) in [6, 6.07) is 5.66. The van der Waals surface area contributed by atoms with Crippen molar-refractivity contribution in [3.63, 3.8) is 0 Å². The van der Waals surface area contributed by atoms with Crippen molar-refractivity contribution < 1.29 is 9.90 Å². The molecule has 2 aromatic rings. The zero-order valence-electron chi connectivity index (χ0n) is 13.6. The Kier molecular flexibility index (Phi) is 3.91. The molecule has 21 heavy (non-hydrogen) atoms. The maximum Gasteiger partial charge on any atom is 0.336 e. The van der Waals surface area contributed by atoms with Gasteiger partial charge in [0.05, 0.1) is 5.56 Å². The molecular formula is C19H22O2. The summed E-state index contributed by atoms with van der Waals surface area (Å²) in [6.07, 6.45) is 0. The molecule has 0 aliphatic carbocycles. The SMILES string of the molecule is Cc1ccc(-c2c(C)c(C)c(C)c(C)c2C)c(C(=O)O)c1. The molecule has 0 aliphatic rings. The first kappa shape index (κ1) is 15.3. The molecule has 0 unspecified atom stereocenters. The maximum absolute atomic E-state index is 11.6. The van der Waals surface area contributed by atoms with Gasteiger partial charge >= 0.3 is 5.97 Å². The smallest absolute Gasteiger partial charge is 0.336 e. The quantitative estimate of drug-likeness (QED) is 0.850. The Bertz CT molecular complexity index is 711. The minimum atomic E-state index is -0.872. The van der Waals surface area contributed by atoms with E-state index in [2.05, 4.69) is 34.6 Å². The summed E-state index contributed by atoms with van der Waals surface area (Å²) in [5, 5.41) is 9.53. The van der Waals surface area contributed by atoms with Gasteiger partial charge in [-0.05, 0) is 86.6 Å². The third kappa shape index (κ3) is 2.46. The third-order valence-electron chi connectivity index (χ3n) is 4.67. The molecule has 0 radical (unpaired) electrons. The summed E-state index contributed by atoms with van der Waals surface area (Å²) < 4.78 is 0. The van der Waals surface area contributed by atoms with Crippen LogP contribution in [0.1, 0.15) is 43.7 Å². The highest BCUT2D eigenvalue weighted by Crippen LogP contribution is 2.36. The van der Waals surface area contributed by atoms with Gasteiger partial charge in [-0.2, -0.15) is 0 Å². The highest BCUT2D eigenvalue weighted by molar-refractivity contribution is 5.97. The summed E-state index contributed by atoms with van der Waals surface area (Å²) in [5.41, 5.74) is 9.33. The molecular weight excluding hydrogens is 260 g/mol. The van der Waals surface area contributed by atoms with Gasteiger partial charge in [0.2, 0.25) is 0 Å². The average molecular weight is 282 g/mol. The van der Waals surface area contributed by atoms with Crippen molar-refractivity contribution in [2.24, 2.45) is 0 Å². The zero-order valence-corrected chi connectivity index (χ0v) is 13.6. The summed E-state index contributed by atoms with van der Waals surface area (Å²) in [5.74, 6) is -0.872. The van der Waals surface area contributed by atoms with Crippen LogP contribution in [0.3, 0.4) is 0 Å². The molecule has 0 spiro atoms. The number of aromatic carboxylic acids is 1. The first-order valence-corrected chi connectivity index (χ1v) is 7.17. The number of carboxylic acid groups (broad SMARTS) is 1. The second-order valence-corrected chi connectivity index (χ2v) is 5.85. The molecule has 0 amide bonds. The number of carboxylic acids is 1. The van der Waals surface area contributed by atoms with Crippen LogP contribution in [0.15, 0.2) is 18.2 Å². The Balaban J connectivity index is 2.89. The molecule has 2 heteroatoms. The lowest BCUT2D eigenvalue weighted by Gasteiger charge is -2.20. The Morgan fingerprint density at radius 3 is 1.76 bits per heavy atom. The van der Waals surface area contributed by atoms with Crippen molar-refractivity contribution in [2.45, 2.75) is 41.5 Å². The van der Waals surface area contributed by atoms with Gasteiger partial charge in [-0.1, -0.05) is 17.7 Å². The van der Waals surface area contributed by atoms with Crippen LogP contribution in [0.5, 0.6) is 0 Å². The summed E-state index contributed by atoms with van der Waals surface area (Å²) >= 11 is 0. The topological polar surface area (TPSA) is 37.3 Å². The second-order valence-electron chi connectivity index (χ2n) is 5.85. The minimum absolute atomic E-state index is 0.379. The van der Waals surface area contributed by atoms with E-state index in [4.69, 9.17) is 0 Å². The molecule has 2 aromatic carbocycles. The van der Waals surface area contributed by atoms with Crippen molar-refractivity contribution in [1.29, 1.82) is 0 Å². The van der Waals surface area contributed by atoms with Crippen molar-refractivity contribution in [3.05, 3.63) is 57.1 Å². The molecule has 0 aliphatic heterocycles. The number of rotatable bonds is 2. The molecule has 0 atom stereocenters. The molecule has 0 heterocycles. The van der Waals surface area contributed by atoms with Crippen LogP contribution in [0.2, 0.25) is 0 Å². The van der Waals surface area contributed by atoms with Crippen molar-refractivity contribution in [1.82, 2.24) is 0 Å². The molecule has 110 valence electrons. The fourth-order valence-electron chi connectivity index (χ4n) is 2.96. The van der Waals surface area contributed by atoms with Gasteiger partial charge in [0.15, 0.2) is 0 Å². The van der Waals surface area contributed by atoms with Crippen LogP contribution < -0.4 is 0 Å². The Hall–Kier alpha value is -2.09. The molecule has 0 saturated carbocycles. The highest BCUT2D eigenvalue weighted by Gasteiger charge is 2.19. The van der Waals surface area contributed by atoms with E-state index < -0.39 is 5.97 Å². The fraction of sp³-hybridized carbons (Fsp3) is 0.316. The van der Waals surface area contributed by atoms with Crippen LogP contribution >= 0.6 is 0 Å². The number of aryl methyl sites for hydroxylation is 1. The lowest BCUT2D eigenvalue weighted by atomic mass is 9.84. The average Bonchev–Trinajstić information content (AvgIpc) is 2.44. The van der Waals surface area contributed by atoms with Crippen molar-refractivity contribution in [3.8, 4) is 11.1 Å². The van der Waals surface area contributed by atoms with Crippen LogP contribution in [0, 0.1) is 41.5 Å². The highest BCUT2D eigenvalue weighted by atomic mass is 16.4. The van der Waals surface area contributed by atoms with E-state index in [1.165, 1.54) is 27.8 Å². The lowest BCUT2D eigenvalue weighted by molar-refractivity contribution is 0.0697. The van der Waals surface area contributed by atoms with E-state index in [1.54, 1.807) is 6.07 Å². The van der Waals surface area contributed by atoms with Gasteiger partial charge in [-0.15, -0.1) is 0 Å². The van der Waals surface area contributed by atoms with E-state index in [9.17, 15) is 9.90 Å². The van der Waals surface area contributed by atoms with Crippen LogP contribution in [0.25, 0.3) is 11.1 Å². The van der Waals surface area contributed by atoms with Crippen LogP contribution in [0.4, 0.5) is 0 Å². The minimum Gasteiger partial charge on any atom is -0.478 e. The van der Waals surface area contributed by atoms with Gasteiger partial charge < -0.3 is 5.11 Å². The largest absolute Gasteiger partial charge is 0.478 e. The monoisotopic (exact) mass is 282 g/mol. The van der Waals surface area contributed by atoms with Gasteiger partial charge in [-0.3, -0.25) is 0 Å². The van der Waals surface area contributed by atoms with Gasteiger partial charge in [-0.25, -0.2) is 4.79 Å². The predicted molar refractivity (Wildman–Crippen MR) is 87.3 cm³/mol. The lowest BCUT2D eigenvalue weighted by Crippen LogP contribution is -2.05. The summed E-state index contributed by atoms with van der Waals surface area (Å²) in [7, 11) is 0. The number of hydrogen-bond donors (Lipinski definition) is 1. The first-order valence-electron chi connectivity index (χ1n) is 7.17. The fourth-order valence-corrected chi connectivity index (χ4v) is 2.96. The van der Waals surface area contributed by atoms with Crippen LogP contribution in [-0.2, 0) is 0 Å². The van der Waals surface area contributed by atoms with Gasteiger partial charge in [0.25, 0.3) is 0 Å². The van der Waals surface area contributed by atoms with E-state index >= 15 is 0 Å². The molecule has 0 aromatic heterocycles.